The Kier molecular flexibility index (Phi) is 5.18. The van der Waals surface area contributed by atoms with E-state index in [1.165, 1.54) is 44.9 Å². The van der Waals surface area contributed by atoms with Crippen molar-refractivity contribution in [2.45, 2.75) is 77.4 Å². The molecule has 20 heavy (non-hydrogen) atoms. The molecule has 2 saturated carbocycles. The van der Waals surface area contributed by atoms with Crippen molar-refractivity contribution >= 4 is 0 Å². The van der Waals surface area contributed by atoms with Crippen LogP contribution in [0.2, 0.25) is 0 Å². The Morgan fingerprint density at radius 1 is 1.00 bits per heavy atom. The highest BCUT2D eigenvalue weighted by Crippen LogP contribution is 2.44. The van der Waals surface area contributed by atoms with Crippen molar-refractivity contribution in [2.24, 2.45) is 23.7 Å². The zero-order chi connectivity index (χ0) is 14.9. The fourth-order valence-corrected chi connectivity index (χ4v) is 5.21. The number of aliphatic hydroxyl groups excluding tert-OH is 1. The maximum Gasteiger partial charge on any atom is 0.0752 e. The maximum absolute atomic E-state index is 11.2. The lowest BCUT2D eigenvalue weighted by Gasteiger charge is -2.51. The van der Waals surface area contributed by atoms with Gasteiger partial charge in [0.05, 0.1) is 6.10 Å². The molecule has 2 rings (SSSR count). The van der Waals surface area contributed by atoms with Gasteiger partial charge in [0.2, 0.25) is 0 Å². The quantitative estimate of drug-likeness (QED) is 0.847. The molecule has 2 aliphatic rings. The van der Waals surface area contributed by atoms with Crippen molar-refractivity contribution in [2.75, 3.05) is 14.1 Å². The maximum atomic E-state index is 11.2. The molecule has 118 valence electrons. The van der Waals surface area contributed by atoms with Crippen molar-refractivity contribution in [1.29, 1.82) is 0 Å². The summed E-state index contributed by atoms with van der Waals surface area (Å²) >= 11 is 0. The number of likely N-dealkylation sites (N-methyl/N-ethyl adjacent to an activating group) is 1. The Morgan fingerprint density at radius 3 is 2.10 bits per heavy atom. The predicted octanol–water partition coefficient (Wildman–Crippen LogP) is 3.93. The Balaban J connectivity index is 2.16. The third-order valence-electron chi connectivity index (χ3n) is 6.11. The van der Waals surface area contributed by atoms with Crippen LogP contribution in [0.5, 0.6) is 0 Å². The third-order valence-corrected chi connectivity index (χ3v) is 6.11. The molecule has 0 bridgehead atoms. The summed E-state index contributed by atoms with van der Waals surface area (Å²) in [7, 11) is 4.36. The molecule has 5 unspecified atom stereocenters. The molecule has 0 saturated heterocycles. The lowest BCUT2D eigenvalue weighted by Crippen LogP contribution is -2.59. The molecule has 0 aromatic heterocycles. The summed E-state index contributed by atoms with van der Waals surface area (Å²) < 4.78 is 0. The summed E-state index contributed by atoms with van der Waals surface area (Å²) in [5, 5.41) is 11.2. The summed E-state index contributed by atoms with van der Waals surface area (Å²) in [4.78, 5) is 2.34. The van der Waals surface area contributed by atoms with Gasteiger partial charge in [-0.3, -0.25) is 0 Å². The normalized spacial score (nSPS) is 44.5. The highest BCUT2D eigenvalue weighted by atomic mass is 16.3. The standard InChI is InChI=1S/C18H35NO/c1-13-7-6-8-18(12-13,19(4)5)17(20)16-10-14(2)9-15(3)11-16/h13-17,20H,6-12H2,1-5H3. The molecule has 1 N–H and O–H groups in total. The molecular formula is C18H35NO. The lowest BCUT2D eigenvalue weighted by atomic mass is 9.64. The van der Waals surface area contributed by atoms with Crippen molar-refractivity contribution < 1.29 is 5.11 Å². The summed E-state index contributed by atoms with van der Waals surface area (Å²) in [6, 6.07) is 0. The first-order valence-electron chi connectivity index (χ1n) is 8.70. The molecule has 2 fully saturated rings. The molecule has 2 nitrogen and oxygen atoms in total. The lowest BCUT2D eigenvalue weighted by molar-refractivity contribution is -0.0857. The molecule has 0 spiro atoms. The van der Waals surface area contributed by atoms with Gasteiger partial charge in [-0.15, -0.1) is 0 Å². The second kappa shape index (κ2) is 6.36. The van der Waals surface area contributed by atoms with Crippen molar-refractivity contribution in [3.05, 3.63) is 0 Å². The summed E-state index contributed by atoms with van der Waals surface area (Å²) in [6.07, 6.45) is 8.57. The van der Waals surface area contributed by atoms with E-state index in [4.69, 9.17) is 0 Å². The molecule has 0 aliphatic heterocycles. The van der Waals surface area contributed by atoms with E-state index >= 15 is 0 Å². The Bertz CT molecular complexity index is 307. The van der Waals surface area contributed by atoms with Crippen LogP contribution in [0.25, 0.3) is 0 Å². The Labute approximate surface area is 125 Å². The van der Waals surface area contributed by atoms with Crippen LogP contribution < -0.4 is 0 Å². The average molecular weight is 281 g/mol. The molecular weight excluding hydrogens is 246 g/mol. The molecule has 5 atom stereocenters. The first-order chi connectivity index (χ1) is 9.35. The van der Waals surface area contributed by atoms with Crippen LogP contribution >= 0.6 is 0 Å². The zero-order valence-electron chi connectivity index (χ0n) is 14.2. The van der Waals surface area contributed by atoms with E-state index < -0.39 is 0 Å². The van der Waals surface area contributed by atoms with Crippen LogP contribution in [0.1, 0.15) is 65.7 Å². The zero-order valence-corrected chi connectivity index (χ0v) is 14.2. The summed E-state index contributed by atoms with van der Waals surface area (Å²) in [6.45, 7) is 7.08. The third kappa shape index (κ3) is 3.22. The molecule has 0 aromatic carbocycles. The monoisotopic (exact) mass is 281 g/mol. The van der Waals surface area contributed by atoms with Crippen LogP contribution in [0.4, 0.5) is 0 Å². The Hall–Kier alpha value is -0.0800. The van der Waals surface area contributed by atoms with E-state index in [-0.39, 0.29) is 11.6 Å². The minimum atomic E-state index is -0.148. The number of hydrogen-bond acceptors (Lipinski definition) is 2. The largest absolute Gasteiger partial charge is 0.391 e. The second-order valence-corrected chi connectivity index (χ2v) is 8.32. The van der Waals surface area contributed by atoms with Gasteiger partial charge < -0.3 is 10.0 Å². The van der Waals surface area contributed by atoms with Crippen molar-refractivity contribution in [1.82, 2.24) is 4.90 Å². The molecule has 0 heterocycles. The van der Waals surface area contributed by atoms with Gasteiger partial charge in [-0.1, -0.05) is 33.6 Å². The highest BCUT2D eigenvalue weighted by molar-refractivity contribution is 5.01. The number of rotatable bonds is 3. The van der Waals surface area contributed by atoms with Gasteiger partial charge in [-0.25, -0.2) is 0 Å². The topological polar surface area (TPSA) is 23.5 Å². The van der Waals surface area contributed by atoms with E-state index in [0.717, 1.165) is 17.8 Å². The van der Waals surface area contributed by atoms with Crippen LogP contribution in [0, 0.1) is 23.7 Å². The first kappa shape index (κ1) is 16.3. The van der Waals surface area contributed by atoms with E-state index in [1.54, 1.807) is 0 Å². The van der Waals surface area contributed by atoms with E-state index in [1.807, 2.05) is 0 Å². The minimum absolute atomic E-state index is 0.0269. The molecule has 0 radical (unpaired) electrons. The van der Waals surface area contributed by atoms with Crippen LogP contribution in [-0.2, 0) is 0 Å². The summed E-state index contributed by atoms with van der Waals surface area (Å²) in [5.41, 5.74) is 0.0269. The van der Waals surface area contributed by atoms with E-state index in [2.05, 4.69) is 39.8 Å². The van der Waals surface area contributed by atoms with Gasteiger partial charge in [0, 0.05) is 5.54 Å². The van der Waals surface area contributed by atoms with Crippen LogP contribution in [-0.4, -0.2) is 35.7 Å². The van der Waals surface area contributed by atoms with Gasteiger partial charge in [-0.2, -0.15) is 0 Å². The predicted molar refractivity (Wildman–Crippen MR) is 85.7 cm³/mol. The van der Waals surface area contributed by atoms with Gasteiger partial charge in [-0.05, 0) is 69.9 Å². The smallest absolute Gasteiger partial charge is 0.0752 e. The van der Waals surface area contributed by atoms with Gasteiger partial charge >= 0.3 is 0 Å². The average Bonchev–Trinajstić information content (AvgIpc) is 2.36. The molecule has 2 heteroatoms. The van der Waals surface area contributed by atoms with Gasteiger partial charge in [0.25, 0.3) is 0 Å². The SMILES string of the molecule is CC1CC(C)CC(C(O)C2(N(C)C)CCCC(C)C2)C1. The second-order valence-electron chi connectivity index (χ2n) is 8.32. The van der Waals surface area contributed by atoms with Gasteiger partial charge in [0.15, 0.2) is 0 Å². The first-order valence-corrected chi connectivity index (χ1v) is 8.70. The molecule has 0 aromatic rings. The fourth-order valence-electron chi connectivity index (χ4n) is 5.21. The van der Waals surface area contributed by atoms with Gasteiger partial charge in [0.1, 0.15) is 0 Å². The fraction of sp³-hybridized carbons (Fsp3) is 1.00. The minimum Gasteiger partial charge on any atom is -0.391 e. The van der Waals surface area contributed by atoms with E-state index in [9.17, 15) is 5.11 Å². The number of hydrogen-bond donors (Lipinski definition) is 1. The van der Waals surface area contributed by atoms with Crippen molar-refractivity contribution in [3.63, 3.8) is 0 Å². The number of nitrogens with zero attached hydrogens (tertiary/aromatic N) is 1. The molecule has 2 aliphatic carbocycles. The van der Waals surface area contributed by atoms with Crippen LogP contribution in [0.3, 0.4) is 0 Å². The molecule has 0 amide bonds. The van der Waals surface area contributed by atoms with Crippen molar-refractivity contribution in [3.8, 4) is 0 Å². The van der Waals surface area contributed by atoms with E-state index in [0.29, 0.717) is 5.92 Å². The highest BCUT2D eigenvalue weighted by Gasteiger charge is 2.47. The van der Waals surface area contributed by atoms with Crippen LogP contribution in [0.15, 0.2) is 0 Å². The number of aliphatic hydroxyl groups is 1. The Morgan fingerprint density at radius 2 is 1.60 bits per heavy atom. The summed E-state index contributed by atoms with van der Waals surface area (Å²) in [5.74, 6) is 2.80.